The van der Waals surface area contributed by atoms with Gasteiger partial charge in [0, 0.05) is 30.9 Å². The van der Waals surface area contributed by atoms with E-state index in [1.54, 1.807) is 0 Å². The minimum atomic E-state index is -0.0451. The molecule has 1 atom stereocenters. The normalized spacial score (nSPS) is 14.8. The number of amides is 1. The second-order valence-electron chi connectivity index (χ2n) is 4.88. The number of benzene rings is 1. The van der Waals surface area contributed by atoms with Crippen LogP contribution in [0.15, 0.2) is 18.2 Å². The van der Waals surface area contributed by atoms with E-state index in [0.29, 0.717) is 24.4 Å². The number of hydrogen-bond acceptors (Lipinski definition) is 3. The molecule has 0 fully saturated rings. The molecule has 0 bridgehead atoms. The Morgan fingerprint density at radius 1 is 1.56 bits per heavy atom. The molecule has 1 amide bonds. The summed E-state index contributed by atoms with van der Waals surface area (Å²) in [5.74, 6) is 0.253. The molecular weight excluding hydrogens is 228 g/mol. The Balaban J connectivity index is 1.93. The standard InChI is InChI=1S/C14H20N2O2/c1-10(5-7-17)9-16-14(18)12-3-2-11-4-6-15-13(11)8-12/h2-3,8,10,15,17H,4-7,9H2,1H3,(H,16,18). The van der Waals surface area contributed by atoms with Crippen LogP contribution >= 0.6 is 0 Å². The summed E-state index contributed by atoms with van der Waals surface area (Å²) in [7, 11) is 0. The van der Waals surface area contributed by atoms with Gasteiger partial charge in [-0.05, 0) is 36.5 Å². The first-order valence-electron chi connectivity index (χ1n) is 6.46. The monoisotopic (exact) mass is 248 g/mol. The Morgan fingerprint density at radius 2 is 2.39 bits per heavy atom. The molecule has 1 heterocycles. The number of rotatable bonds is 5. The van der Waals surface area contributed by atoms with Crippen LogP contribution in [-0.2, 0) is 6.42 Å². The second-order valence-corrected chi connectivity index (χ2v) is 4.88. The van der Waals surface area contributed by atoms with E-state index >= 15 is 0 Å². The van der Waals surface area contributed by atoms with Gasteiger partial charge in [0.25, 0.3) is 5.91 Å². The highest BCUT2D eigenvalue weighted by Gasteiger charge is 2.13. The predicted octanol–water partition coefficient (Wildman–Crippen LogP) is 1.40. The zero-order valence-electron chi connectivity index (χ0n) is 10.7. The van der Waals surface area contributed by atoms with Gasteiger partial charge in [0.1, 0.15) is 0 Å². The maximum atomic E-state index is 12.0. The molecule has 0 saturated heterocycles. The van der Waals surface area contributed by atoms with Gasteiger partial charge in [-0.1, -0.05) is 13.0 Å². The van der Waals surface area contributed by atoms with E-state index < -0.39 is 0 Å². The average molecular weight is 248 g/mol. The van der Waals surface area contributed by atoms with Crippen molar-refractivity contribution in [1.29, 1.82) is 0 Å². The molecule has 0 aliphatic carbocycles. The molecule has 1 unspecified atom stereocenters. The summed E-state index contributed by atoms with van der Waals surface area (Å²) in [4.78, 5) is 12.0. The number of hydrogen-bond donors (Lipinski definition) is 3. The lowest BCUT2D eigenvalue weighted by molar-refractivity contribution is 0.0945. The fraction of sp³-hybridized carbons (Fsp3) is 0.500. The molecule has 4 nitrogen and oxygen atoms in total. The van der Waals surface area contributed by atoms with Crippen molar-refractivity contribution in [1.82, 2.24) is 5.32 Å². The lowest BCUT2D eigenvalue weighted by Gasteiger charge is -2.11. The Labute approximate surface area is 107 Å². The van der Waals surface area contributed by atoms with Crippen molar-refractivity contribution in [3.8, 4) is 0 Å². The van der Waals surface area contributed by atoms with Gasteiger partial charge in [-0.15, -0.1) is 0 Å². The molecule has 0 saturated carbocycles. The van der Waals surface area contributed by atoms with E-state index in [9.17, 15) is 4.79 Å². The Hall–Kier alpha value is -1.55. The number of aliphatic hydroxyl groups is 1. The van der Waals surface area contributed by atoms with Crippen LogP contribution in [0.3, 0.4) is 0 Å². The third-order valence-corrected chi connectivity index (χ3v) is 3.31. The number of carbonyl (C=O) groups is 1. The number of anilines is 1. The zero-order chi connectivity index (χ0) is 13.0. The molecular formula is C14H20N2O2. The number of fused-ring (bicyclic) bond motifs is 1. The van der Waals surface area contributed by atoms with E-state index in [-0.39, 0.29) is 12.5 Å². The zero-order valence-corrected chi connectivity index (χ0v) is 10.7. The van der Waals surface area contributed by atoms with Crippen molar-refractivity contribution >= 4 is 11.6 Å². The Kier molecular flexibility index (Phi) is 4.20. The van der Waals surface area contributed by atoms with Crippen molar-refractivity contribution < 1.29 is 9.90 Å². The van der Waals surface area contributed by atoms with Crippen molar-refractivity contribution in [3.05, 3.63) is 29.3 Å². The first-order valence-corrected chi connectivity index (χ1v) is 6.46. The Morgan fingerprint density at radius 3 is 3.17 bits per heavy atom. The smallest absolute Gasteiger partial charge is 0.251 e. The van der Waals surface area contributed by atoms with Crippen LogP contribution in [0.25, 0.3) is 0 Å². The van der Waals surface area contributed by atoms with Crippen LogP contribution in [0, 0.1) is 5.92 Å². The van der Waals surface area contributed by atoms with E-state index in [2.05, 4.69) is 10.6 Å². The number of nitrogens with one attached hydrogen (secondary N) is 2. The molecule has 4 heteroatoms. The molecule has 0 aromatic heterocycles. The molecule has 1 aliphatic rings. The summed E-state index contributed by atoms with van der Waals surface area (Å²) in [6.45, 7) is 3.73. The lowest BCUT2D eigenvalue weighted by Crippen LogP contribution is -2.28. The quantitative estimate of drug-likeness (QED) is 0.738. The molecule has 0 spiro atoms. The van der Waals surface area contributed by atoms with E-state index in [0.717, 1.165) is 18.7 Å². The van der Waals surface area contributed by atoms with Crippen LogP contribution in [0.4, 0.5) is 5.69 Å². The van der Waals surface area contributed by atoms with Gasteiger partial charge in [0.05, 0.1) is 0 Å². The molecule has 3 N–H and O–H groups in total. The first-order chi connectivity index (χ1) is 8.70. The largest absolute Gasteiger partial charge is 0.396 e. The van der Waals surface area contributed by atoms with Crippen molar-refractivity contribution in [3.63, 3.8) is 0 Å². The molecule has 1 aromatic rings. The molecule has 2 rings (SSSR count). The predicted molar refractivity (Wildman–Crippen MR) is 71.8 cm³/mol. The van der Waals surface area contributed by atoms with Crippen LogP contribution in [-0.4, -0.2) is 30.7 Å². The molecule has 18 heavy (non-hydrogen) atoms. The number of carbonyl (C=O) groups excluding carboxylic acids is 1. The van der Waals surface area contributed by atoms with Gasteiger partial charge in [-0.2, -0.15) is 0 Å². The van der Waals surface area contributed by atoms with Crippen molar-refractivity contribution in [2.24, 2.45) is 5.92 Å². The van der Waals surface area contributed by atoms with Gasteiger partial charge >= 0.3 is 0 Å². The summed E-state index contributed by atoms with van der Waals surface area (Å²) in [6.07, 6.45) is 1.75. The maximum Gasteiger partial charge on any atom is 0.251 e. The summed E-state index contributed by atoms with van der Waals surface area (Å²) >= 11 is 0. The summed E-state index contributed by atoms with van der Waals surface area (Å²) in [5.41, 5.74) is 3.05. The Bertz CT molecular complexity index is 432. The topological polar surface area (TPSA) is 61.4 Å². The van der Waals surface area contributed by atoms with Crippen molar-refractivity contribution in [2.45, 2.75) is 19.8 Å². The highest BCUT2D eigenvalue weighted by atomic mass is 16.3. The number of aliphatic hydroxyl groups excluding tert-OH is 1. The second kappa shape index (κ2) is 5.87. The third kappa shape index (κ3) is 3.01. The van der Waals surface area contributed by atoms with Gasteiger partial charge in [-0.3, -0.25) is 4.79 Å². The van der Waals surface area contributed by atoms with Crippen molar-refractivity contribution in [2.75, 3.05) is 25.0 Å². The van der Waals surface area contributed by atoms with Crippen LogP contribution < -0.4 is 10.6 Å². The van der Waals surface area contributed by atoms with Gasteiger partial charge in [-0.25, -0.2) is 0 Å². The summed E-state index contributed by atoms with van der Waals surface area (Å²) in [5, 5.41) is 15.0. The summed E-state index contributed by atoms with van der Waals surface area (Å²) < 4.78 is 0. The van der Waals surface area contributed by atoms with E-state index in [1.165, 1.54) is 5.56 Å². The highest BCUT2D eigenvalue weighted by Crippen LogP contribution is 2.23. The van der Waals surface area contributed by atoms with E-state index in [4.69, 9.17) is 5.11 Å². The van der Waals surface area contributed by atoms with E-state index in [1.807, 2.05) is 25.1 Å². The molecule has 1 aromatic carbocycles. The fourth-order valence-corrected chi connectivity index (χ4v) is 2.12. The van der Waals surface area contributed by atoms with Gasteiger partial charge in [0.15, 0.2) is 0 Å². The minimum Gasteiger partial charge on any atom is -0.396 e. The molecule has 0 radical (unpaired) electrons. The van der Waals surface area contributed by atoms with Gasteiger partial charge < -0.3 is 15.7 Å². The molecule has 1 aliphatic heterocycles. The van der Waals surface area contributed by atoms with Crippen LogP contribution in [0.2, 0.25) is 0 Å². The van der Waals surface area contributed by atoms with Crippen LogP contribution in [0.5, 0.6) is 0 Å². The fourth-order valence-electron chi connectivity index (χ4n) is 2.12. The van der Waals surface area contributed by atoms with Crippen LogP contribution in [0.1, 0.15) is 29.3 Å². The highest BCUT2D eigenvalue weighted by molar-refractivity contribution is 5.95. The summed E-state index contributed by atoms with van der Waals surface area (Å²) in [6, 6.07) is 5.80. The first kappa shape index (κ1) is 12.9. The molecule has 98 valence electrons. The minimum absolute atomic E-state index is 0.0451. The maximum absolute atomic E-state index is 12.0. The van der Waals surface area contributed by atoms with Gasteiger partial charge in [0.2, 0.25) is 0 Å². The third-order valence-electron chi connectivity index (χ3n) is 3.31. The SMILES string of the molecule is CC(CCO)CNC(=O)c1ccc2c(c1)NCC2. The lowest BCUT2D eigenvalue weighted by atomic mass is 10.1. The average Bonchev–Trinajstić information content (AvgIpc) is 2.83.